The van der Waals surface area contributed by atoms with Gasteiger partial charge in [0.1, 0.15) is 22.8 Å². The number of carboxylic acid groups (broad SMARTS) is 1. The molecule has 2 aliphatic heterocycles. The maximum absolute atomic E-state index is 12.7. The SMILES string of the molecule is Nc1nc(/C(=N/O)C(=O)N[C@@H]2C(=O)N3C(C(=O)O)=C(Sc4cccs4)CS[C@H]23)cs1. The molecule has 1 fully saturated rings. The number of nitrogens with zero attached hydrogens (tertiary/aromatic N) is 3. The Morgan fingerprint density at radius 2 is 2.20 bits per heavy atom. The molecule has 0 spiro atoms. The number of rotatable bonds is 6. The molecule has 2 amide bonds. The van der Waals surface area contributed by atoms with Gasteiger partial charge in [0.25, 0.3) is 11.8 Å². The van der Waals surface area contributed by atoms with Gasteiger partial charge in [0.05, 0.1) is 4.21 Å². The van der Waals surface area contributed by atoms with Crippen molar-refractivity contribution in [3.8, 4) is 0 Å². The van der Waals surface area contributed by atoms with E-state index >= 15 is 0 Å². The van der Waals surface area contributed by atoms with Crippen molar-refractivity contribution in [1.29, 1.82) is 0 Å². The fraction of sp³-hybridized carbons (Fsp3) is 0.188. The van der Waals surface area contributed by atoms with Crippen molar-refractivity contribution in [3.63, 3.8) is 0 Å². The number of anilines is 1. The van der Waals surface area contributed by atoms with Gasteiger partial charge in [0.15, 0.2) is 10.8 Å². The Balaban J connectivity index is 1.52. The molecule has 0 unspecified atom stereocenters. The average molecular weight is 484 g/mol. The summed E-state index contributed by atoms with van der Waals surface area (Å²) in [4.78, 5) is 42.7. The zero-order valence-corrected chi connectivity index (χ0v) is 18.1. The number of nitrogens with one attached hydrogen (secondary N) is 1. The molecule has 2 atom stereocenters. The summed E-state index contributed by atoms with van der Waals surface area (Å²) in [7, 11) is 0. The Bertz CT molecular complexity index is 1080. The lowest BCUT2D eigenvalue weighted by Gasteiger charge is -2.49. The molecular formula is C16H13N5O5S4. The van der Waals surface area contributed by atoms with Gasteiger partial charge >= 0.3 is 5.97 Å². The highest BCUT2D eigenvalue weighted by atomic mass is 32.2. The second kappa shape index (κ2) is 8.29. The monoisotopic (exact) mass is 483 g/mol. The summed E-state index contributed by atoms with van der Waals surface area (Å²) in [5.74, 6) is -2.17. The van der Waals surface area contributed by atoms with E-state index in [-0.39, 0.29) is 22.2 Å². The first-order valence-corrected chi connectivity index (χ1v) is 11.9. The summed E-state index contributed by atoms with van der Waals surface area (Å²) < 4.78 is 0.923. The van der Waals surface area contributed by atoms with E-state index in [1.807, 2.05) is 17.5 Å². The molecular weight excluding hydrogens is 470 g/mol. The standard InChI is InChI=1S/C16H13N5O5S4/c17-16-18-6(4-29-16)9(20-26)12(22)19-10-13(23)21-11(15(24)25)7(5-28-14(10)21)30-8-2-1-3-27-8/h1-4,10,14,26H,5H2,(H2,17,18)(H,19,22)(H,24,25)/b20-9-/t10-,14-/m1/s1. The molecule has 0 saturated carbocycles. The molecule has 156 valence electrons. The van der Waals surface area contributed by atoms with Crippen LogP contribution in [0.15, 0.2) is 42.9 Å². The van der Waals surface area contributed by atoms with Crippen LogP contribution in [0.3, 0.4) is 0 Å². The third-order valence-electron chi connectivity index (χ3n) is 4.22. The van der Waals surface area contributed by atoms with Crippen LogP contribution in [0.4, 0.5) is 5.13 Å². The van der Waals surface area contributed by atoms with Gasteiger partial charge in [-0.15, -0.1) is 34.4 Å². The molecule has 0 radical (unpaired) electrons. The van der Waals surface area contributed by atoms with Gasteiger partial charge in [0.2, 0.25) is 0 Å². The largest absolute Gasteiger partial charge is 0.477 e. The first kappa shape index (κ1) is 20.7. The summed E-state index contributed by atoms with van der Waals surface area (Å²) in [6, 6.07) is 2.79. The minimum atomic E-state index is -1.20. The number of carbonyl (C=O) groups excluding carboxylic acids is 2. The number of carbonyl (C=O) groups is 3. The van der Waals surface area contributed by atoms with E-state index in [9.17, 15) is 24.7 Å². The van der Waals surface area contributed by atoms with Gasteiger partial charge < -0.3 is 21.4 Å². The molecule has 4 rings (SSSR count). The lowest BCUT2D eigenvalue weighted by Crippen LogP contribution is -2.71. The summed E-state index contributed by atoms with van der Waals surface area (Å²) in [6.07, 6.45) is 0. The minimum Gasteiger partial charge on any atom is -0.477 e. The van der Waals surface area contributed by atoms with E-state index in [1.54, 1.807) is 0 Å². The van der Waals surface area contributed by atoms with Crippen molar-refractivity contribution in [2.24, 2.45) is 5.16 Å². The Morgan fingerprint density at radius 1 is 1.40 bits per heavy atom. The van der Waals surface area contributed by atoms with Crippen molar-refractivity contribution in [2.45, 2.75) is 15.6 Å². The van der Waals surface area contributed by atoms with E-state index in [0.29, 0.717) is 10.7 Å². The number of aromatic nitrogens is 1. The second-order valence-corrected chi connectivity index (χ2v) is 10.3. The normalized spacial score (nSPS) is 21.3. The lowest BCUT2D eigenvalue weighted by molar-refractivity contribution is -0.150. The molecule has 2 aromatic heterocycles. The molecule has 0 aliphatic carbocycles. The van der Waals surface area contributed by atoms with Gasteiger partial charge in [-0.05, 0) is 11.4 Å². The number of aliphatic carboxylic acids is 1. The Hall–Kier alpha value is -2.55. The van der Waals surface area contributed by atoms with Crippen LogP contribution in [0.1, 0.15) is 5.69 Å². The Labute approximate surface area is 185 Å². The van der Waals surface area contributed by atoms with E-state index < -0.39 is 29.2 Å². The van der Waals surface area contributed by atoms with Gasteiger partial charge in [-0.3, -0.25) is 14.5 Å². The molecule has 2 aliphatic rings. The first-order valence-electron chi connectivity index (χ1n) is 8.27. The van der Waals surface area contributed by atoms with E-state index in [4.69, 9.17) is 5.73 Å². The number of oxime groups is 1. The topological polar surface area (TPSA) is 158 Å². The highest BCUT2D eigenvalue weighted by Crippen LogP contribution is 2.45. The molecule has 10 nitrogen and oxygen atoms in total. The van der Waals surface area contributed by atoms with Crippen LogP contribution in [0.5, 0.6) is 0 Å². The second-order valence-electron chi connectivity index (χ2n) is 5.99. The quantitative estimate of drug-likeness (QED) is 0.206. The van der Waals surface area contributed by atoms with Crippen LogP contribution in [-0.2, 0) is 14.4 Å². The number of nitrogen functional groups attached to an aromatic ring is 1. The summed E-state index contributed by atoms with van der Waals surface area (Å²) in [6.45, 7) is 0. The van der Waals surface area contributed by atoms with Crippen molar-refractivity contribution in [2.75, 3.05) is 11.5 Å². The fourth-order valence-corrected chi connectivity index (χ4v) is 6.89. The van der Waals surface area contributed by atoms with E-state index in [1.165, 1.54) is 45.1 Å². The number of nitrogens with two attached hydrogens (primary N) is 1. The van der Waals surface area contributed by atoms with Gasteiger partial charge in [-0.2, -0.15) is 0 Å². The van der Waals surface area contributed by atoms with Crippen molar-refractivity contribution in [3.05, 3.63) is 39.2 Å². The number of thiophene rings is 1. The molecule has 5 N–H and O–H groups in total. The van der Waals surface area contributed by atoms with Crippen molar-refractivity contribution >= 4 is 74.8 Å². The van der Waals surface area contributed by atoms with Crippen molar-refractivity contribution in [1.82, 2.24) is 15.2 Å². The fourth-order valence-electron chi connectivity index (χ4n) is 2.93. The number of hydrogen-bond donors (Lipinski definition) is 4. The van der Waals surface area contributed by atoms with E-state index in [0.717, 1.165) is 15.5 Å². The number of β-lactam (4-membered cyclic amide) rings is 1. The molecule has 1 saturated heterocycles. The summed E-state index contributed by atoms with van der Waals surface area (Å²) in [5, 5.41) is 27.3. The van der Waals surface area contributed by atoms with Crippen LogP contribution in [0, 0.1) is 0 Å². The summed E-state index contributed by atoms with van der Waals surface area (Å²) in [5.41, 5.74) is 5.17. The predicted octanol–water partition coefficient (Wildman–Crippen LogP) is 1.45. The number of fused-ring (bicyclic) bond motifs is 1. The van der Waals surface area contributed by atoms with Crippen molar-refractivity contribution < 1.29 is 24.7 Å². The number of thioether (sulfide) groups is 2. The smallest absolute Gasteiger partial charge is 0.353 e. The molecule has 14 heteroatoms. The maximum Gasteiger partial charge on any atom is 0.353 e. The lowest BCUT2D eigenvalue weighted by atomic mass is 10.0. The predicted molar refractivity (Wildman–Crippen MR) is 115 cm³/mol. The molecule has 30 heavy (non-hydrogen) atoms. The number of carboxylic acids is 1. The van der Waals surface area contributed by atoms with Crippen LogP contribution in [0.25, 0.3) is 0 Å². The van der Waals surface area contributed by atoms with Gasteiger partial charge in [-0.25, -0.2) is 9.78 Å². The molecule has 0 bridgehead atoms. The maximum atomic E-state index is 12.7. The molecule has 2 aromatic rings. The van der Waals surface area contributed by atoms with Crippen LogP contribution in [0.2, 0.25) is 0 Å². The minimum absolute atomic E-state index is 0.0732. The van der Waals surface area contributed by atoms with Gasteiger partial charge in [-0.1, -0.05) is 23.0 Å². The highest BCUT2D eigenvalue weighted by Gasteiger charge is 2.54. The Morgan fingerprint density at radius 3 is 2.80 bits per heavy atom. The zero-order chi connectivity index (χ0) is 21.4. The number of amides is 2. The average Bonchev–Trinajstić information content (AvgIpc) is 3.38. The number of hydrogen-bond acceptors (Lipinski definition) is 11. The number of thiazole rings is 1. The zero-order valence-electron chi connectivity index (χ0n) is 14.8. The van der Waals surface area contributed by atoms with E-state index in [2.05, 4.69) is 15.5 Å². The Kier molecular flexibility index (Phi) is 5.73. The molecule has 0 aromatic carbocycles. The van der Waals surface area contributed by atoms with Crippen LogP contribution in [-0.4, -0.2) is 60.9 Å². The van der Waals surface area contributed by atoms with Crippen LogP contribution < -0.4 is 11.1 Å². The third kappa shape index (κ3) is 3.66. The summed E-state index contributed by atoms with van der Waals surface area (Å²) >= 11 is 5.22. The van der Waals surface area contributed by atoms with Gasteiger partial charge in [0, 0.05) is 16.0 Å². The first-order chi connectivity index (χ1) is 14.4. The highest BCUT2D eigenvalue weighted by molar-refractivity contribution is 8.07. The third-order valence-corrected chi connectivity index (χ3v) is 8.48. The molecule has 4 heterocycles. The van der Waals surface area contributed by atoms with Crippen LogP contribution >= 0.6 is 46.2 Å².